The second-order valence-corrected chi connectivity index (χ2v) is 6.05. The number of aryl methyl sites for hydroxylation is 1. The highest BCUT2D eigenvalue weighted by molar-refractivity contribution is 6.30. The molecule has 6 heteroatoms. The summed E-state index contributed by atoms with van der Waals surface area (Å²) >= 11 is 5.81. The molecule has 0 fully saturated rings. The van der Waals surface area contributed by atoms with Crippen molar-refractivity contribution in [2.75, 3.05) is 0 Å². The number of aliphatic imine (C=N–C) groups is 1. The van der Waals surface area contributed by atoms with Gasteiger partial charge >= 0.3 is 0 Å². The van der Waals surface area contributed by atoms with Gasteiger partial charge in [0.2, 0.25) is 11.9 Å². The normalized spacial score (nSPS) is 17.0. The van der Waals surface area contributed by atoms with Gasteiger partial charge in [0.15, 0.2) is 0 Å². The van der Waals surface area contributed by atoms with E-state index < -0.39 is 0 Å². The Morgan fingerprint density at radius 2 is 1.83 bits per heavy atom. The molecule has 1 aliphatic heterocycles. The number of hydrogen-bond donors (Lipinski definition) is 2. The lowest BCUT2D eigenvalue weighted by molar-refractivity contribution is -0.120. The number of hydrogen-bond acceptors (Lipinski definition) is 3. The van der Waals surface area contributed by atoms with Crippen molar-refractivity contribution in [3.63, 3.8) is 0 Å². The van der Waals surface area contributed by atoms with E-state index in [4.69, 9.17) is 11.6 Å². The smallest absolute Gasteiger partial charge is 0.257 e. The van der Waals surface area contributed by atoms with Crippen molar-refractivity contribution in [1.82, 2.24) is 10.6 Å². The number of halogens is 1. The third kappa shape index (κ3) is 3.81. The molecule has 0 aliphatic carbocycles. The minimum atomic E-state index is -0.352. The highest BCUT2D eigenvalue weighted by Gasteiger charge is 2.23. The highest BCUT2D eigenvalue weighted by Crippen LogP contribution is 2.23. The largest absolute Gasteiger partial charge is 0.296 e. The number of nitrogens with one attached hydrogen (secondary N) is 2. The topological polar surface area (TPSA) is 70.6 Å². The average Bonchev–Trinajstić information content (AvgIpc) is 2.55. The van der Waals surface area contributed by atoms with E-state index in [0.717, 1.165) is 11.1 Å². The Morgan fingerprint density at radius 1 is 1.17 bits per heavy atom. The van der Waals surface area contributed by atoms with Crippen molar-refractivity contribution >= 4 is 29.4 Å². The Morgan fingerprint density at radius 3 is 2.50 bits per heavy atom. The lowest BCUT2D eigenvalue weighted by atomic mass is 10.0. The number of rotatable bonds is 2. The molecule has 0 saturated heterocycles. The number of nitrogens with zero attached hydrogens (tertiary/aromatic N) is 1. The third-order valence-corrected chi connectivity index (χ3v) is 3.97. The molecule has 1 atom stereocenters. The van der Waals surface area contributed by atoms with Crippen molar-refractivity contribution in [2.24, 2.45) is 4.99 Å². The molecule has 1 unspecified atom stereocenters. The molecule has 1 heterocycles. The first-order valence-corrected chi connectivity index (χ1v) is 7.90. The van der Waals surface area contributed by atoms with E-state index in [1.165, 1.54) is 0 Å². The Balaban J connectivity index is 1.78. The molecule has 0 spiro atoms. The maximum absolute atomic E-state index is 12.2. The van der Waals surface area contributed by atoms with Gasteiger partial charge in [-0.1, -0.05) is 41.4 Å². The summed E-state index contributed by atoms with van der Waals surface area (Å²) in [4.78, 5) is 28.6. The van der Waals surface area contributed by atoms with Gasteiger partial charge in [0.25, 0.3) is 5.91 Å². The van der Waals surface area contributed by atoms with Crippen molar-refractivity contribution in [3.8, 4) is 0 Å². The first-order valence-electron chi connectivity index (χ1n) is 7.52. The van der Waals surface area contributed by atoms with Crippen molar-refractivity contribution in [2.45, 2.75) is 19.4 Å². The lowest BCUT2D eigenvalue weighted by Crippen LogP contribution is -2.47. The molecule has 5 nitrogen and oxygen atoms in total. The summed E-state index contributed by atoms with van der Waals surface area (Å²) in [6.45, 7) is 2.00. The van der Waals surface area contributed by atoms with Crippen LogP contribution in [0.1, 0.15) is 33.9 Å². The third-order valence-electron chi connectivity index (χ3n) is 3.72. The SMILES string of the molecule is Cc1ccc(C2CC(=O)NC(NC(=O)c3ccc(Cl)cc3)=N2)cc1. The van der Waals surface area contributed by atoms with E-state index in [9.17, 15) is 9.59 Å². The number of carbonyl (C=O) groups excluding carboxylic acids is 2. The summed E-state index contributed by atoms with van der Waals surface area (Å²) in [6.07, 6.45) is 0.253. The van der Waals surface area contributed by atoms with Crippen LogP contribution in [0.5, 0.6) is 0 Å². The molecule has 2 aromatic rings. The van der Waals surface area contributed by atoms with Crippen LogP contribution in [0.3, 0.4) is 0 Å². The quantitative estimate of drug-likeness (QED) is 0.881. The predicted molar refractivity (Wildman–Crippen MR) is 93.0 cm³/mol. The number of benzene rings is 2. The Labute approximate surface area is 144 Å². The van der Waals surface area contributed by atoms with Gasteiger partial charge in [-0.15, -0.1) is 0 Å². The van der Waals surface area contributed by atoms with Gasteiger partial charge in [-0.25, -0.2) is 4.99 Å². The molecule has 3 rings (SSSR count). The van der Waals surface area contributed by atoms with Crippen LogP contribution in [0.15, 0.2) is 53.5 Å². The van der Waals surface area contributed by atoms with Crippen LogP contribution in [0.25, 0.3) is 0 Å². The van der Waals surface area contributed by atoms with Crippen LogP contribution in [0.4, 0.5) is 0 Å². The molecule has 2 N–H and O–H groups in total. The molecule has 0 saturated carbocycles. The summed E-state index contributed by atoms with van der Waals surface area (Å²) in [5.74, 6) is -0.367. The monoisotopic (exact) mass is 341 g/mol. The van der Waals surface area contributed by atoms with E-state index in [0.29, 0.717) is 10.6 Å². The predicted octanol–water partition coefficient (Wildman–Crippen LogP) is 3.00. The van der Waals surface area contributed by atoms with Crippen LogP contribution in [0, 0.1) is 6.92 Å². The Bertz CT molecular complexity index is 798. The fourth-order valence-electron chi connectivity index (χ4n) is 2.42. The molecule has 2 aromatic carbocycles. The number of amides is 2. The second-order valence-electron chi connectivity index (χ2n) is 5.62. The molecule has 0 radical (unpaired) electrons. The van der Waals surface area contributed by atoms with E-state index >= 15 is 0 Å². The Kier molecular flexibility index (Phi) is 4.62. The fourth-order valence-corrected chi connectivity index (χ4v) is 2.54. The van der Waals surface area contributed by atoms with Crippen LogP contribution in [-0.4, -0.2) is 17.8 Å². The summed E-state index contributed by atoms with van der Waals surface area (Å²) in [5, 5.41) is 5.78. The van der Waals surface area contributed by atoms with Gasteiger partial charge in [-0.05, 0) is 36.8 Å². The first-order chi connectivity index (χ1) is 11.5. The molecule has 24 heavy (non-hydrogen) atoms. The van der Waals surface area contributed by atoms with E-state index in [2.05, 4.69) is 15.6 Å². The van der Waals surface area contributed by atoms with Gasteiger partial charge in [-0.3, -0.25) is 20.2 Å². The molecular weight excluding hydrogens is 326 g/mol. The zero-order valence-electron chi connectivity index (χ0n) is 13.0. The van der Waals surface area contributed by atoms with Gasteiger partial charge in [0, 0.05) is 10.6 Å². The fraction of sp³-hybridized carbons (Fsp3) is 0.167. The average molecular weight is 342 g/mol. The number of guanidine groups is 1. The molecule has 1 aliphatic rings. The second kappa shape index (κ2) is 6.84. The van der Waals surface area contributed by atoms with Crippen LogP contribution in [0.2, 0.25) is 5.02 Å². The Hall–Kier alpha value is -2.66. The minimum Gasteiger partial charge on any atom is -0.296 e. The van der Waals surface area contributed by atoms with Crippen LogP contribution < -0.4 is 10.6 Å². The van der Waals surface area contributed by atoms with Crippen molar-refractivity contribution in [1.29, 1.82) is 0 Å². The molecule has 2 amide bonds. The molecule has 0 bridgehead atoms. The van der Waals surface area contributed by atoms with E-state index in [-0.39, 0.29) is 30.2 Å². The van der Waals surface area contributed by atoms with E-state index in [1.807, 2.05) is 31.2 Å². The maximum atomic E-state index is 12.2. The molecule has 122 valence electrons. The van der Waals surface area contributed by atoms with Crippen LogP contribution in [-0.2, 0) is 4.79 Å². The summed E-state index contributed by atoms with van der Waals surface area (Å²) in [7, 11) is 0. The summed E-state index contributed by atoms with van der Waals surface area (Å²) in [6, 6.07) is 14.0. The molecular formula is C18H16ClN3O2. The lowest BCUT2D eigenvalue weighted by Gasteiger charge is -2.21. The van der Waals surface area contributed by atoms with Crippen molar-refractivity contribution in [3.05, 3.63) is 70.2 Å². The maximum Gasteiger partial charge on any atom is 0.257 e. The van der Waals surface area contributed by atoms with Gasteiger partial charge in [-0.2, -0.15) is 0 Å². The van der Waals surface area contributed by atoms with Gasteiger partial charge in [0.05, 0.1) is 12.5 Å². The van der Waals surface area contributed by atoms with Gasteiger partial charge in [0.1, 0.15) is 0 Å². The summed E-state index contributed by atoms with van der Waals surface area (Å²) in [5.41, 5.74) is 2.52. The van der Waals surface area contributed by atoms with Gasteiger partial charge < -0.3 is 0 Å². The van der Waals surface area contributed by atoms with E-state index in [1.54, 1.807) is 24.3 Å². The van der Waals surface area contributed by atoms with Crippen molar-refractivity contribution < 1.29 is 9.59 Å². The summed E-state index contributed by atoms with van der Waals surface area (Å²) < 4.78 is 0. The standard InChI is InChI=1S/C18H16ClN3O2/c1-11-2-4-12(5-3-11)15-10-16(23)21-18(20-15)22-17(24)13-6-8-14(19)9-7-13/h2-9,15H,10H2,1H3,(H2,20,21,22,23,24). The number of carbonyl (C=O) groups is 2. The zero-order valence-corrected chi connectivity index (χ0v) is 13.8. The minimum absolute atomic E-state index is 0.164. The zero-order chi connectivity index (χ0) is 17.1. The van der Waals surface area contributed by atoms with Crippen LogP contribution >= 0.6 is 11.6 Å². The molecule has 0 aromatic heterocycles. The highest BCUT2D eigenvalue weighted by atomic mass is 35.5. The first kappa shape index (κ1) is 16.2.